The molecule has 0 spiro atoms. The van der Waals surface area contributed by atoms with E-state index in [4.69, 9.17) is 14.2 Å². The Bertz CT molecular complexity index is 1480. The molecule has 0 aliphatic carbocycles. The molecule has 0 fully saturated rings. The van der Waals surface area contributed by atoms with Gasteiger partial charge in [-0.15, -0.1) is 0 Å². The highest BCUT2D eigenvalue weighted by Crippen LogP contribution is 2.17. The fraction of sp³-hybridized carbons (Fsp3) is 0.725. The quantitative estimate of drug-likeness (QED) is 0.0261. The molecule has 75 heavy (non-hydrogen) atoms. The van der Waals surface area contributed by atoms with Crippen LogP contribution in [-0.4, -0.2) is 37.2 Å². The van der Waals surface area contributed by atoms with Gasteiger partial charge in [-0.1, -0.05) is 285 Å². The van der Waals surface area contributed by atoms with E-state index < -0.39 is 6.10 Å². The van der Waals surface area contributed by atoms with Gasteiger partial charge in [0.25, 0.3) is 0 Å². The summed E-state index contributed by atoms with van der Waals surface area (Å²) in [7, 11) is 0. The second-order valence-corrected chi connectivity index (χ2v) is 20.9. The number of hydrogen-bond donors (Lipinski definition) is 0. The number of hydrogen-bond acceptors (Lipinski definition) is 6. The van der Waals surface area contributed by atoms with E-state index in [0.29, 0.717) is 19.3 Å². The lowest BCUT2D eigenvalue weighted by Crippen LogP contribution is -2.30. The van der Waals surface area contributed by atoms with Gasteiger partial charge in [-0.2, -0.15) is 0 Å². The molecule has 0 amide bonds. The highest BCUT2D eigenvalue weighted by Gasteiger charge is 2.19. The Morgan fingerprint density at radius 1 is 0.280 bits per heavy atom. The van der Waals surface area contributed by atoms with Gasteiger partial charge in [-0.3, -0.25) is 14.4 Å². The number of rotatable bonds is 57. The van der Waals surface area contributed by atoms with Crippen LogP contribution >= 0.6 is 0 Å². The maximum Gasteiger partial charge on any atom is 0.306 e. The highest BCUT2D eigenvalue weighted by molar-refractivity contribution is 5.71. The van der Waals surface area contributed by atoms with Crippen molar-refractivity contribution in [2.75, 3.05) is 13.2 Å². The van der Waals surface area contributed by atoms with E-state index in [-0.39, 0.29) is 31.1 Å². The first-order valence-electron chi connectivity index (χ1n) is 31.7. The van der Waals surface area contributed by atoms with E-state index >= 15 is 0 Å². The topological polar surface area (TPSA) is 78.9 Å². The van der Waals surface area contributed by atoms with E-state index in [1.54, 1.807) is 0 Å². The molecule has 0 saturated heterocycles. The minimum atomic E-state index is -0.779. The average molecular weight is 1040 g/mol. The molecule has 0 radical (unpaired) electrons. The first kappa shape index (κ1) is 71.3. The molecule has 0 aliphatic rings. The van der Waals surface area contributed by atoms with Crippen molar-refractivity contribution < 1.29 is 28.6 Å². The van der Waals surface area contributed by atoms with E-state index in [2.05, 4.69) is 118 Å². The van der Waals surface area contributed by atoms with Crippen molar-refractivity contribution >= 4 is 17.9 Å². The van der Waals surface area contributed by atoms with Crippen molar-refractivity contribution in [1.82, 2.24) is 0 Å². The number of carbonyl (C=O) groups is 3. The lowest BCUT2D eigenvalue weighted by atomic mass is 10.0. The zero-order valence-corrected chi connectivity index (χ0v) is 49.3. The first-order chi connectivity index (χ1) is 37.0. The second-order valence-electron chi connectivity index (χ2n) is 20.9. The molecule has 1 atom stereocenters. The summed E-state index contributed by atoms with van der Waals surface area (Å²) in [6.07, 6.45) is 84.4. The van der Waals surface area contributed by atoms with Crippen LogP contribution in [0.3, 0.4) is 0 Å². The lowest BCUT2D eigenvalue weighted by Gasteiger charge is -2.18. The third-order valence-electron chi connectivity index (χ3n) is 13.6. The second kappa shape index (κ2) is 62.9. The van der Waals surface area contributed by atoms with Crippen LogP contribution in [0.2, 0.25) is 0 Å². The van der Waals surface area contributed by atoms with Gasteiger partial charge in [-0.05, 0) is 96.3 Å². The Morgan fingerprint density at radius 2 is 0.520 bits per heavy atom. The van der Waals surface area contributed by atoms with E-state index in [1.807, 2.05) is 0 Å². The third-order valence-corrected chi connectivity index (χ3v) is 13.6. The fourth-order valence-electron chi connectivity index (χ4n) is 8.90. The summed E-state index contributed by atoms with van der Waals surface area (Å²) in [5.74, 6) is -0.883. The van der Waals surface area contributed by atoms with Crippen molar-refractivity contribution in [3.8, 4) is 0 Å². The van der Waals surface area contributed by atoms with Gasteiger partial charge in [0.1, 0.15) is 13.2 Å². The lowest BCUT2D eigenvalue weighted by molar-refractivity contribution is -0.167. The zero-order chi connectivity index (χ0) is 54.3. The fourth-order valence-corrected chi connectivity index (χ4v) is 8.90. The molecule has 0 aromatic carbocycles. The number of allylic oxidation sites excluding steroid dienone is 16. The molecular formula is C69H118O6. The Kier molecular flexibility index (Phi) is 59.8. The van der Waals surface area contributed by atoms with Crippen LogP contribution < -0.4 is 0 Å². The Labute approximate surface area is 464 Å². The SMILES string of the molecule is CC/C=C\C/C=C\C/C=C\C/C=C\CCCCCCCCCCCCCCCCCCC(=O)OCC(COC(=O)CCCCCCCCC)OC(=O)CCCCCCCCCC/C=C\C/C=C\C/C=C\C/C=C\CC. The van der Waals surface area contributed by atoms with Crippen LogP contribution in [0.5, 0.6) is 0 Å². The monoisotopic (exact) mass is 1040 g/mol. The summed E-state index contributed by atoms with van der Waals surface area (Å²) in [5.41, 5.74) is 0. The van der Waals surface area contributed by atoms with Crippen LogP contribution in [0.15, 0.2) is 97.2 Å². The van der Waals surface area contributed by atoms with Crippen LogP contribution in [0, 0.1) is 0 Å². The molecule has 0 aromatic heterocycles. The van der Waals surface area contributed by atoms with Gasteiger partial charge in [0.15, 0.2) is 6.10 Å². The molecule has 0 aliphatic heterocycles. The van der Waals surface area contributed by atoms with Crippen LogP contribution in [0.25, 0.3) is 0 Å². The van der Waals surface area contributed by atoms with Crippen molar-refractivity contribution in [3.63, 3.8) is 0 Å². The van der Waals surface area contributed by atoms with E-state index in [9.17, 15) is 14.4 Å². The summed E-state index contributed by atoms with van der Waals surface area (Å²) in [5, 5.41) is 0. The Morgan fingerprint density at radius 3 is 0.813 bits per heavy atom. The van der Waals surface area contributed by atoms with Gasteiger partial charge < -0.3 is 14.2 Å². The molecule has 6 nitrogen and oxygen atoms in total. The van der Waals surface area contributed by atoms with Crippen molar-refractivity contribution in [2.24, 2.45) is 0 Å². The summed E-state index contributed by atoms with van der Waals surface area (Å²) in [4.78, 5) is 38.1. The normalized spacial score (nSPS) is 12.7. The van der Waals surface area contributed by atoms with Gasteiger partial charge >= 0.3 is 17.9 Å². The van der Waals surface area contributed by atoms with Gasteiger partial charge in [0.2, 0.25) is 0 Å². The molecule has 0 N–H and O–H groups in total. The molecule has 0 rings (SSSR count). The smallest absolute Gasteiger partial charge is 0.306 e. The molecule has 0 bridgehead atoms. The van der Waals surface area contributed by atoms with Crippen LogP contribution in [-0.2, 0) is 28.6 Å². The van der Waals surface area contributed by atoms with Crippen molar-refractivity contribution in [3.05, 3.63) is 97.2 Å². The van der Waals surface area contributed by atoms with Gasteiger partial charge in [0.05, 0.1) is 0 Å². The predicted octanol–water partition coefficient (Wildman–Crippen LogP) is 21.7. The number of unbranched alkanes of at least 4 members (excludes halogenated alkanes) is 30. The molecular weight excluding hydrogens is 925 g/mol. The minimum absolute atomic E-state index is 0.0781. The molecule has 0 aromatic rings. The maximum atomic E-state index is 12.9. The molecule has 430 valence electrons. The largest absolute Gasteiger partial charge is 0.462 e. The zero-order valence-electron chi connectivity index (χ0n) is 49.3. The first-order valence-corrected chi connectivity index (χ1v) is 31.7. The molecule has 6 heteroatoms. The van der Waals surface area contributed by atoms with E-state index in [0.717, 1.165) is 116 Å². The predicted molar refractivity (Wildman–Crippen MR) is 325 cm³/mol. The van der Waals surface area contributed by atoms with E-state index in [1.165, 1.54) is 148 Å². The van der Waals surface area contributed by atoms with Gasteiger partial charge in [0, 0.05) is 19.3 Å². The van der Waals surface area contributed by atoms with Gasteiger partial charge in [-0.25, -0.2) is 0 Å². The van der Waals surface area contributed by atoms with Crippen LogP contribution in [0.4, 0.5) is 0 Å². The van der Waals surface area contributed by atoms with Crippen molar-refractivity contribution in [1.29, 1.82) is 0 Å². The minimum Gasteiger partial charge on any atom is -0.462 e. The summed E-state index contributed by atoms with van der Waals surface area (Å²) in [6.45, 7) is 6.39. The van der Waals surface area contributed by atoms with Crippen molar-refractivity contribution in [2.45, 2.75) is 309 Å². The standard InChI is InChI=1S/C69H118O6/c1-4-7-10-13-16-18-20-22-24-26-28-30-31-32-33-34-35-36-37-39-40-42-44-46-48-50-53-56-59-62-68(71)74-65-66(64-73-67(70)61-58-55-52-15-12-9-6-3)75-69(72)63-60-57-54-51-49-47-45-43-41-38-29-27-25-23-21-19-17-14-11-8-5-2/h7-8,10-11,16-19,22-25,28-30,38,66H,4-6,9,12-15,20-21,26-27,31-37,39-65H2,1-3H3/b10-7-,11-8-,18-16-,19-17-,24-22-,25-23-,30-28-,38-29-. The molecule has 0 saturated carbocycles. The maximum absolute atomic E-state index is 12.9. The summed E-state index contributed by atoms with van der Waals surface area (Å²) >= 11 is 0. The number of esters is 3. The molecule has 1 unspecified atom stereocenters. The number of carbonyl (C=O) groups excluding carboxylic acids is 3. The highest BCUT2D eigenvalue weighted by atomic mass is 16.6. The average Bonchev–Trinajstić information content (AvgIpc) is 3.41. The summed E-state index contributed by atoms with van der Waals surface area (Å²) < 4.78 is 16.8. The van der Waals surface area contributed by atoms with Crippen LogP contribution in [0.1, 0.15) is 303 Å². The Balaban J connectivity index is 4.10. The summed E-state index contributed by atoms with van der Waals surface area (Å²) in [6, 6.07) is 0. The molecule has 0 heterocycles. The third kappa shape index (κ3) is 61.1. The Hall–Kier alpha value is -3.67. The number of ether oxygens (including phenoxy) is 3.